The molecule has 3 rings (SSSR count). The van der Waals surface area contributed by atoms with E-state index in [0.29, 0.717) is 5.92 Å². The number of rotatable bonds is 6. The average molecular weight is 284 g/mol. The van der Waals surface area contributed by atoms with Gasteiger partial charge in [0.1, 0.15) is 0 Å². The lowest BCUT2D eigenvalue weighted by Gasteiger charge is -2.10. The van der Waals surface area contributed by atoms with Crippen molar-refractivity contribution in [1.82, 2.24) is 19.7 Å². The molecular weight excluding hydrogens is 260 g/mol. The summed E-state index contributed by atoms with van der Waals surface area (Å²) >= 11 is 0. The summed E-state index contributed by atoms with van der Waals surface area (Å²) in [7, 11) is 4.18. The first kappa shape index (κ1) is 14.3. The Morgan fingerprint density at radius 2 is 1.90 bits per heavy atom. The van der Waals surface area contributed by atoms with Gasteiger partial charge < -0.3 is 4.90 Å². The zero-order valence-corrected chi connectivity index (χ0v) is 13.2. The quantitative estimate of drug-likeness (QED) is 0.816. The van der Waals surface area contributed by atoms with Gasteiger partial charge >= 0.3 is 0 Å². The molecule has 0 radical (unpaired) electrons. The van der Waals surface area contributed by atoms with Crippen molar-refractivity contribution in [1.29, 1.82) is 0 Å². The lowest BCUT2D eigenvalue weighted by molar-refractivity contribution is 0.402. The maximum absolute atomic E-state index is 4.79. The standard InChI is InChI=1S/C17H24N4/c1-4-11-21-17(18-16(19-21)14-9-10-14)15-7-5-13(6-8-15)12-20(2)3/h5-8,14H,4,9-12H2,1-3H3. The maximum Gasteiger partial charge on any atom is 0.158 e. The molecule has 0 spiro atoms. The molecule has 21 heavy (non-hydrogen) atoms. The van der Waals surface area contributed by atoms with Crippen LogP contribution in [0.4, 0.5) is 0 Å². The van der Waals surface area contributed by atoms with Crippen molar-refractivity contribution in [3.8, 4) is 11.4 Å². The topological polar surface area (TPSA) is 34.0 Å². The number of hydrogen-bond acceptors (Lipinski definition) is 3. The van der Waals surface area contributed by atoms with E-state index in [-0.39, 0.29) is 0 Å². The number of aromatic nitrogens is 3. The van der Waals surface area contributed by atoms with Crippen molar-refractivity contribution in [3.05, 3.63) is 35.7 Å². The lowest BCUT2D eigenvalue weighted by Crippen LogP contribution is -2.10. The monoisotopic (exact) mass is 284 g/mol. The van der Waals surface area contributed by atoms with Crippen LogP contribution in [-0.4, -0.2) is 33.8 Å². The molecule has 1 aromatic heterocycles. The Hall–Kier alpha value is -1.68. The zero-order chi connectivity index (χ0) is 14.8. The van der Waals surface area contributed by atoms with Gasteiger partial charge in [0, 0.05) is 24.6 Å². The van der Waals surface area contributed by atoms with Gasteiger partial charge in [0.05, 0.1) is 0 Å². The van der Waals surface area contributed by atoms with Crippen molar-refractivity contribution >= 4 is 0 Å². The average Bonchev–Trinajstić information content (AvgIpc) is 3.22. The third-order valence-corrected chi connectivity index (χ3v) is 3.78. The molecule has 0 atom stereocenters. The van der Waals surface area contributed by atoms with Crippen LogP contribution in [0.5, 0.6) is 0 Å². The fourth-order valence-corrected chi connectivity index (χ4v) is 2.58. The summed E-state index contributed by atoms with van der Waals surface area (Å²) in [4.78, 5) is 6.97. The minimum absolute atomic E-state index is 0.606. The number of nitrogens with zero attached hydrogens (tertiary/aromatic N) is 4. The predicted octanol–water partition coefficient (Wildman–Crippen LogP) is 3.29. The molecule has 1 saturated carbocycles. The molecule has 0 saturated heterocycles. The summed E-state index contributed by atoms with van der Waals surface area (Å²) in [5, 5.41) is 4.71. The van der Waals surface area contributed by atoms with E-state index in [9.17, 15) is 0 Å². The minimum atomic E-state index is 0.606. The Morgan fingerprint density at radius 3 is 2.48 bits per heavy atom. The van der Waals surface area contributed by atoms with Crippen molar-refractivity contribution in [2.24, 2.45) is 0 Å². The van der Waals surface area contributed by atoms with Crippen molar-refractivity contribution < 1.29 is 0 Å². The minimum Gasteiger partial charge on any atom is -0.305 e. The summed E-state index contributed by atoms with van der Waals surface area (Å²) < 4.78 is 2.08. The van der Waals surface area contributed by atoms with Crippen LogP contribution in [0, 0.1) is 0 Å². The fraction of sp³-hybridized carbons (Fsp3) is 0.529. The van der Waals surface area contributed by atoms with Gasteiger partial charge in [-0.15, -0.1) is 0 Å². The third-order valence-electron chi connectivity index (χ3n) is 3.78. The molecule has 1 aliphatic carbocycles. The van der Waals surface area contributed by atoms with Crippen LogP contribution in [0.2, 0.25) is 0 Å². The third kappa shape index (κ3) is 3.32. The van der Waals surface area contributed by atoms with E-state index in [4.69, 9.17) is 10.1 Å². The first-order valence-electron chi connectivity index (χ1n) is 7.86. The molecule has 0 amide bonds. The smallest absolute Gasteiger partial charge is 0.158 e. The maximum atomic E-state index is 4.79. The van der Waals surface area contributed by atoms with Crippen molar-refractivity contribution in [2.75, 3.05) is 14.1 Å². The van der Waals surface area contributed by atoms with Crippen molar-refractivity contribution in [2.45, 2.75) is 45.2 Å². The highest BCUT2D eigenvalue weighted by atomic mass is 15.3. The Labute approximate surface area is 126 Å². The molecule has 4 heteroatoms. The van der Waals surface area contributed by atoms with Crippen LogP contribution < -0.4 is 0 Å². The molecule has 1 heterocycles. The van der Waals surface area contributed by atoms with Gasteiger partial charge in [0.15, 0.2) is 11.6 Å². The van der Waals surface area contributed by atoms with Gasteiger partial charge in [0.2, 0.25) is 0 Å². The van der Waals surface area contributed by atoms with E-state index in [1.165, 1.54) is 24.0 Å². The molecule has 0 unspecified atom stereocenters. The highest BCUT2D eigenvalue weighted by Crippen LogP contribution is 2.39. The Kier molecular flexibility index (Phi) is 4.06. The Balaban J connectivity index is 1.87. The molecule has 112 valence electrons. The highest BCUT2D eigenvalue weighted by Gasteiger charge is 2.29. The summed E-state index contributed by atoms with van der Waals surface area (Å²) in [5.74, 6) is 2.67. The lowest BCUT2D eigenvalue weighted by atomic mass is 10.1. The number of benzene rings is 1. The Morgan fingerprint density at radius 1 is 1.19 bits per heavy atom. The first-order chi connectivity index (χ1) is 10.2. The largest absolute Gasteiger partial charge is 0.305 e. The molecule has 0 bridgehead atoms. The predicted molar refractivity (Wildman–Crippen MR) is 85.1 cm³/mol. The second kappa shape index (κ2) is 5.98. The fourth-order valence-electron chi connectivity index (χ4n) is 2.58. The van der Waals surface area contributed by atoms with Crippen LogP contribution in [0.3, 0.4) is 0 Å². The molecule has 1 aliphatic rings. The first-order valence-corrected chi connectivity index (χ1v) is 7.86. The van der Waals surface area contributed by atoms with Gasteiger partial charge in [-0.2, -0.15) is 5.10 Å². The molecule has 2 aromatic rings. The zero-order valence-electron chi connectivity index (χ0n) is 13.2. The summed E-state index contributed by atoms with van der Waals surface area (Å²) in [6, 6.07) is 8.73. The van der Waals surface area contributed by atoms with Crippen LogP contribution in [0.25, 0.3) is 11.4 Å². The number of hydrogen-bond donors (Lipinski definition) is 0. The van der Waals surface area contributed by atoms with Crippen LogP contribution >= 0.6 is 0 Å². The summed E-state index contributed by atoms with van der Waals surface area (Å²) in [5.41, 5.74) is 2.50. The van der Waals surface area contributed by atoms with Crippen LogP contribution in [0.1, 0.15) is 43.5 Å². The molecule has 0 N–H and O–H groups in total. The van der Waals surface area contributed by atoms with Crippen molar-refractivity contribution in [3.63, 3.8) is 0 Å². The van der Waals surface area contributed by atoms with Gasteiger partial charge in [0.25, 0.3) is 0 Å². The summed E-state index contributed by atoms with van der Waals surface area (Å²) in [6.07, 6.45) is 3.58. The van der Waals surface area contributed by atoms with E-state index in [1.807, 2.05) is 0 Å². The molecule has 1 aromatic carbocycles. The van der Waals surface area contributed by atoms with E-state index >= 15 is 0 Å². The molecule has 4 nitrogen and oxygen atoms in total. The molecule has 0 aliphatic heterocycles. The van der Waals surface area contributed by atoms with Gasteiger partial charge in [-0.1, -0.05) is 31.2 Å². The van der Waals surface area contributed by atoms with Gasteiger partial charge in [-0.3, -0.25) is 0 Å². The van der Waals surface area contributed by atoms with E-state index in [2.05, 4.69) is 54.9 Å². The van der Waals surface area contributed by atoms with E-state index in [0.717, 1.165) is 31.2 Å². The van der Waals surface area contributed by atoms with Gasteiger partial charge in [-0.05, 0) is 38.9 Å². The van der Waals surface area contributed by atoms with E-state index in [1.54, 1.807) is 0 Å². The number of aryl methyl sites for hydroxylation is 1. The van der Waals surface area contributed by atoms with Gasteiger partial charge in [-0.25, -0.2) is 9.67 Å². The Bertz CT molecular complexity index is 594. The second-order valence-corrected chi connectivity index (χ2v) is 6.23. The van der Waals surface area contributed by atoms with E-state index < -0.39 is 0 Å². The van der Waals surface area contributed by atoms with Crippen LogP contribution in [-0.2, 0) is 13.1 Å². The highest BCUT2D eigenvalue weighted by molar-refractivity contribution is 5.56. The molecular formula is C17H24N4. The second-order valence-electron chi connectivity index (χ2n) is 6.23. The normalized spacial score (nSPS) is 14.9. The SMILES string of the molecule is CCCn1nc(C2CC2)nc1-c1ccc(CN(C)C)cc1. The van der Waals surface area contributed by atoms with Crippen LogP contribution in [0.15, 0.2) is 24.3 Å². The molecule has 1 fully saturated rings. The summed E-state index contributed by atoms with van der Waals surface area (Å²) in [6.45, 7) is 4.09.